The number of nitrogens with zero attached hydrogens (tertiary/aromatic N) is 2. The zero-order chi connectivity index (χ0) is 17.8. The number of fused-ring (bicyclic) bond motifs is 3. The third-order valence-electron chi connectivity index (χ3n) is 4.47. The fraction of sp³-hybridized carbons (Fsp3) is 0.300. The molecule has 0 radical (unpaired) electrons. The van der Waals surface area contributed by atoms with Crippen molar-refractivity contribution in [1.82, 2.24) is 15.1 Å². The number of carbonyl (C=O) groups excluding carboxylic acids is 1. The number of nitrogens with two attached hydrogens (primary N) is 1. The van der Waals surface area contributed by atoms with Gasteiger partial charge in [0, 0.05) is 18.5 Å². The lowest BCUT2D eigenvalue weighted by molar-refractivity contribution is -0.133. The van der Waals surface area contributed by atoms with Gasteiger partial charge in [0.2, 0.25) is 5.91 Å². The second kappa shape index (κ2) is 7.49. The predicted molar refractivity (Wildman–Crippen MR) is 99.8 cm³/mol. The van der Waals surface area contributed by atoms with Crippen LogP contribution in [0.2, 0.25) is 0 Å². The minimum Gasteiger partial charge on any atom is -0.333 e. The molecule has 0 bridgehead atoms. The molecule has 2 aromatic carbocycles. The maximum atomic E-state index is 12.7. The zero-order valence-corrected chi connectivity index (χ0v) is 14.7. The van der Waals surface area contributed by atoms with Crippen LogP contribution >= 0.6 is 0 Å². The van der Waals surface area contributed by atoms with Crippen molar-refractivity contribution in [2.75, 3.05) is 0 Å². The van der Waals surface area contributed by atoms with Crippen molar-refractivity contribution in [3.8, 4) is 0 Å². The van der Waals surface area contributed by atoms with E-state index in [1.165, 1.54) is 0 Å². The van der Waals surface area contributed by atoms with Gasteiger partial charge in [-0.3, -0.25) is 9.89 Å². The summed E-state index contributed by atoms with van der Waals surface area (Å²) in [5.74, 6) is 0.00157. The zero-order valence-electron chi connectivity index (χ0n) is 14.7. The van der Waals surface area contributed by atoms with Crippen LogP contribution in [0, 0.1) is 0 Å². The maximum absolute atomic E-state index is 12.7. The summed E-state index contributed by atoms with van der Waals surface area (Å²) in [5.41, 5.74) is 10.5. The first kappa shape index (κ1) is 17.2. The highest BCUT2D eigenvalue weighted by Crippen LogP contribution is 2.27. The summed E-state index contributed by atoms with van der Waals surface area (Å²) in [7, 11) is 0. The summed E-state index contributed by atoms with van der Waals surface area (Å²) >= 11 is 0. The van der Waals surface area contributed by atoms with Crippen molar-refractivity contribution >= 4 is 16.8 Å². The van der Waals surface area contributed by atoms with Gasteiger partial charge in [-0.05, 0) is 29.2 Å². The van der Waals surface area contributed by atoms with E-state index in [-0.39, 0.29) is 5.91 Å². The van der Waals surface area contributed by atoms with E-state index in [0.29, 0.717) is 19.5 Å². The Morgan fingerprint density at radius 2 is 1.96 bits per heavy atom. The van der Waals surface area contributed by atoms with Crippen molar-refractivity contribution in [3.63, 3.8) is 0 Å². The summed E-state index contributed by atoms with van der Waals surface area (Å²) in [6, 6.07) is 13.6. The molecule has 0 unspecified atom stereocenters. The van der Waals surface area contributed by atoms with E-state index >= 15 is 0 Å². The number of carbonyl (C=O) groups is 1. The summed E-state index contributed by atoms with van der Waals surface area (Å²) in [6.07, 6.45) is 2.40. The van der Waals surface area contributed by atoms with Crippen molar-refractivity contribution in [3.05, 3.63) is 65.4 Å². The standard InChI is InChI=1S/C18H18N4O.C2H6/c19-16-8-13-6-7-17-14(9-20-21-17)15(13)11-22(18(16)23)10-12-4-2-1-3-5-12;1-2/h1-7,9,16H,8,10-11,19H2,(H,20,21);1-2H3/t16-;/m1./s1. The topological polar surface area (TPSA) is 75.0 Å². The van der Waals surface area contributed by atoms with E-state index in [0.717, 1.165) is 27.6 Å². The minimum absolute atomic E-state index is 0.00157. The number of nitrogens with one attached hydrogen (secondary N) is 1. The van der Waals surface area contributed by atoms with Gasteiger partial charge in [-0.15, -0.1) is 0 Å². The molecule has 0 fully saturated rings. The molecule has 3 aromatic rings. The summed E-state index contributed by atoms with van der Waals surface area (Å²) in [4.78, 5) is 14.5. The molecule has 1 atom stereocenters. The first-order chi connectivity index (χ1) is 12.2. The molecule has 1 amide bonds. The highest BCUT2D eigenvalue weighted by Gasteiger charge is 2.28. The number of benzene rings is 2. The lowest BCUT2D eigenvalue weighted by atomic mass is 9.99. The number of H-pyrrole nitrogens is 1. The van der Waals surface area contributed by atoms with Crippen molar-refractivity contribution in [2.24, 2.45) is 5.73 Å². The third-order valence-corrected chi connectivity index (χ3v) is 4.47. The van der Waals surface area contributed by atoms with Crippen molar-refractivity contribution < 1.29 is 4.79 Å². The largest absolute Gasteiger partial charge is 0.333 e. The molecule has 0 saturated heterocycles. The van der Waals surface area contributed by atoms with E-state index < -0.39 is 6.04 Å². The van der Waals surface area contributed by atoms with Gasteiger partial charge >= 0.3 is 0 Å². The van der Waals surface area contributed by atoms with Crippen LogP contribution in [0.5, 0.6) is 0 Å². The van der Waals surface area contributed by atoms with Crippen LogP contribution in [0.15, 0.2) is 48.7 Å². The average Bonchev–Trinajstić information content (AvgIpc) is 3.09. The molecule has 1 aliphatic heterocycles. The normalized spacial score (nSPS) is 16.8. The van der Waals surface area contributed by atoms with E-state index in [9.17, 15) is 4.79 Å². The molecule has 1 aliphatic rings. The fourth-order valence-corrected chi connectivity index (χ4v) is 3.26. The molecule has 1 aromatic heterocycles. The lowest BCUT2D eigenvalue weighted by Crippen LogP contribution is -2.42. The molecule has 4 rings (SSSR count). The SMILES string of the molecule is CC.N[C@@H]1Cc2ccc3[nH]ncc3c2CN(Cc2ccccc2)C1=O. The van der Waals surface area contributed by atoms with Gasteiger partial charge in [0.25, 0.3) is 0 Å². The van der Waals surface area contributed by atoms with Gasteiger partial charge in [0.05, 0.1) is 17.8 Å². The number of hydrogen-bond donors (Lipinski definition) is 2. The van der Waals surface area contributed by atoms with E-state index in [4.69, 9.17) is 5.73 Å². The second-order valence-electron chi connectivity index (χ2n) is 6.02. The fourth-order valence-electron chi connectivity index (χ4n) is 3.26. The predicted octanol–water partition coefficient (Wildman–Crippen LogP) is 3.00. The van der Waals surface area contributed by atoms with Gasteiger partial charge in [-0.1, -0.05) is 50.2 Å². The molecule has 5 nitrogen and oxygen atoms in total. The first-order valence-electron chi connectivity index (χ1n) is 8.74. The Morgan fingerprint density at radius 3 is 2.72 bits per heavy atom. The van der Waals surface area contributed by atoms with Crippen LogP contribution in [0.4, 0.5) is 0 Å². The quantitative estimate of drug-likeness (QED) is 0.755. The molecular weight excluding hydrogens is 312 g/mol. The number of hydrogen-bond acceptors (Lipinski definition) is 3. The van der Waals surface area contributed by atoms with Crippen molar-refractivity contribution in [2.45, 2.75) is 39.4 Å². The van der Waals surface area contributed by atoms with Crippen LogP contribution in [0.1, 0.15) is 30.5 Å². The average molecular weight is 336 g/mol. The first-order valence-corrected chi connectivity index (χ1v) is 8.74. The smallest absolute Gasteiger partial charge is 0.240 e. The highest BCUT2D eigenvalue weighted by atomic mass is 16.2. The van der Waals surface area contributed by atoms with Gasteiger partial charge in [-0.2, -0.15) is 5.10 Å². The molecule has 0 aliphatic carbocycles. The second-order valence-corrected chi connectivity index (χ2v) is 6.02. The monoisotopic (exact) mass is 336 g/mol. The summed E-state index contributed by atoms with van der Waals surface area (Å²) in [6.45, 7) is 5.13. The molecule has 25 heavy (non-hydrogen) atoms. The van der Waals surface area contributed by atoms with Gasteiger partial charge in [0.1, 0.15) is 0 Å². The highest BCUT2D eigenvalue weighted by molar-refractivity contribution is 5.87. The van der Waals surface area contributed by atoms with E-state index in [1.807, 2.05) is 61.3 Å². The Hall–Kier alpha value is -2.66. The van der Waals surface area contributed by atoms with Crippen molar-refractivity contribution in [1.29, 1.82) is 0 Å². The Balaban J connectivity index is 0.000000880. The van der Waals surface area contributed by atoms with Gasteiger partial charge in [0.15, 0.2) is 0 Å². The van der Waals surface area contributed by atoms with E-state index in [2.05, 4.69) is 16.3 Å². The molecular formula is C20H24N4O. The van der Waals surface area contributed by atoms with E-state index in [1.54, 1.807) is 0 Å². The Bertz CT molecular complexity index is 857. The molecule has 0 saturated carbocycles. The van der Waals surface area contributed by atoms with Crippen LogP contribution in [-0.2, 0) is 24.3 Å². The Morgan fingerprint density at radius 1 is 1.20 bits per heavy atom. The number of amides is 1. The Kier molecular flexibility index (Phi) is 5.14. The molecule has 2 heterocycles. The molecule has 0 spiro atoms. The molecule has 130 valence electrons. The number of aromatic amines is 1. The number of rotatable bonds is 2. The molecule has 3 N–H and O–H groups in total. The lowest BCUT2D eigenvalue weighted by Gasteiger charge is -2.23. The Labute approximate surface area is 147 Å². The van der Waals surface area contributed by atoms with Crippen LogP contribution < -0.4 is 5.73 Å². The summed E-state index contributed by atoms with van der Waals surface area (Å²) in [5, 5.41) is 8.19. The van der Waals surface area contributed by atoms with Gasteiger partial charge < -0.3 is 10.6 Å². The van der Waals surface area contributed by atoms with Gasteiger partial charge in [-0.25, -0.2) is 0 Å². The van der Waals surface area contributed by atoms with Crippen LogP contribution in [0.3, 0.4) is 0 Å². The van der Waals surface area contributed by atoms with Crippen LogP contribution in [-0.4, -0.2) is 27.0 Å². The minimum atomic E-state index is -0.496. The summed E-state index contributed by atoms with van der Waals surface area (Å²) < 4.78 is 0. The molecule has 5 heteroatoms. The number of aromatic nitrogens is 2. The van der Waals surface area contributed by atoms with Crippen LogP contribution in [0.25, 0.3) is 10.9 Å². The maximum Gasteiger partial charge on any atom is 0.240 e. The third kappa shape index (κ3) is 3.42.